The molecule has 0 spiro atoms. The number of benzene rings is 2. The Morgan fingerprint density at radius 1 is 1.00 bits per heavy atom. The molecule has 2 aromatic heterocycles. The van der Waals surface area contributed by atoms with Crippen LogP contribution in [0.4, 0.5) is 5.69 Å². The topological polar surface area (TPSA) is 75.7 Å². The number of rotatable bonds is 6. The summed E-state index contributed by atoms with van der Waals surface area (Å²) in [6.07, 6.45) is 1.53. The number of carbonyl (C=O) groups is 2. The van der Waals surface area contributed by atoms with Crippen LogP contribution in [-0.2, 0) is 11.3 Å². The first-order valence-electron chi connectivity index (χ1n) is 8.95. The van der Waals surface area contributed by atoms with Gasteiger partial charge in [0.1, 0.15) is 17.9 Å². The van der Waals surface area contributed by atoms with Gasteiger partial charge in [0, 0.05) is 11.1 Å². The van der Waals surface area contributed by atoms with E-state index in [0.717, 1.165) is 9.86 Å². The molecule has 0 saturated carbocycles. The SMILES string of the molecule is O=C(CN(Cc1ccco1)C(=O)c1cc2cccc(Br)c2o1)Nc1ccccc1. The molecule has 1 N–H and O–H groups in total. The van der Waals surface area contributed by atoms with E-state index >= 15 is 0 Å². The van der Waals surface area contributed by atoms with E-state index in [4.69, 9.17) is 8.83 Å². The number of nitrogens with one attached hydrogen (secondary N) is 1. The average Bonchev–Trinajstić information content (AvgIpc) is 3.38. The van der Waals surface area contributed by atoms with Crippen LogP contribution < -0.4 is 5.32 Å². The molecule has 0 unspecified atom stereocenters. The first kappa shape index (κ1) is 19.0. The van der Waals surface area contributed by atoms with Gasteiger partial charge >= 0.3 is 0 Å². The Labute approximate surface area is 175 Å². The average molecular weight is 453 g/mol. The number of nitrogens with zero attached hydrogens (tertiary/aromatic N) is 1. The minimum absolute atomic E-state index is 0.145. The van der Waals surface area contributed by atoms with Crippen LogP contribution in [0, 0.1) is 0 Å². The lowest BCUT2D eigenvalue weighted by Gasteiger charge is -2.20. The summed E-state index contributed by atoms with van der Waals surface area (Å²) in [6.45, 7) is -0.00109. The van der Waals surface area contributed by atoms with Gasteiger partial charge in [0.15, 0.2) is 5.76 Å². The maximum Gasteiger partial charge on any atom is 0.290 e. The highest BCUT2D eigenvalue weighted by molar-refractivity contribution is 9.10. The largest absolute Gasteiger partial charge is 0.467 e. The maximum atomic E-state index is 13.1. The van der Waals surface area contributed by atoms with Crippen molar-refractivity contribution in [1.82, 2.24) is 4.90 Å². The molecule has 2 heterocycles. The highest BCUT2D eigenvalue weighted by Gasteiger charge is 2.24. The highest BCUT2D eigenvalue weighted by atomic mass is 79.9. The minimum Gasteiger partial charge on any atom is -0.467 e. The molecule has 0 atom stereocenters. The Bertz CT molecular complexity index is 1140. The van der Waals surface area contributed by atoms with Gasteiger partial charge in [0.25, 0.3) is 5.91 Å². The quantitative estimate of drug-likeness (QED) is 0.443. The summed E-state index contributed by atoms with van der Waals surface area (Å²) < 4.78 is 11.9. The van der Waals surface area contributed by atoms with Gasteiger partial charge in [-0.25, -0.2) is 0 Å². The number of fused-ring (bicyclic) bond motifs is 1. The first-order valence-corrected chi connectivity index (χ1v) is 9.74. The van der Waals surface area contributed by atoms with Crippen molar-refractivity contribution in [2.45, 2.75) is 6.54 Å². The molecule has 0 aliphatic rings. The van der Waals surface area contributed by atoms with Gasteiger partial charge in [-0.15, -0.1) is 0 Å². The molecule has 0 bridgehead atoms. The zero-order valence-electron chi connectivity index (χ0n) is 15.3. The van der Waals surface area contributed by atoms with Crippen LogP contribution in [0.5, 0.6) is 0 Å². The van der Waals surface area contributed by atoms with Crippen LogP contribution in [0.1, 0.15) is 16.3 Å². The minimum atomic E-state index is -0.396. The number of carbonyl (C=O) groups excluding carboxylic acids is 2. The monoisotopic (exact) mass is 452 g/mol. The van der Waals surface area contributed by atoms with Gasteiger partial charge in [-0.3, -0.25) is 9.59 Å². The van der Waals surface area contributed by atoms with E-state index in [2.05, 4.69) is 21.2 Å². The van der Waals surface area contributed by atoms with Crippen molar-refractivity contribution in [2.24, 2.45) is 0 Å². The van der Waals surface area contributed by atoms with E-state index in [1.54, 1.807) is 30.3 Å². The summed E-state index contributed by atoms with van der Waals surface area (Å²) in [5, 5.41) is 3.59. The fourth-order valence-corrected chi connectivity index (χ4v) is 3.44. The fraction of sp³-hybridized carbons (Fsp3) is 0.0909. The van der Waals surface area contributed by atoms with Crippen LogP contribution in [0.2, 0.25) is 0 Å². The van der Waals surface area contributed by atoms with E-state index in [-0.39, 0.29) is 24.8 Å². The number of halogens is 1. The summed E-state index contributed by atoms with van der Waals surface area (Å²) in [5.74, 6) is 0.0234. The first-order chi connectivity index (χ1) is 14.1. The van der Waals surface area contributed by atoms with Crippen molar-refractivity contribution >= 4 is 44.4 Å². The Kier molecular flexibility index (Phi) is 5.48. The van der Waals surface area contributed by atoms with Gasteiger partial charge in [-0.2, -0.15) is 0 Å². The molecule has 0 aliphatic carbocycles. The van der Waals surface area contributed by atoms with E-state index in [9.17, 15) is 9.59 Å². The number of para-hydroxylation sites is 2. The number of amides is 2. The van der Waals surface area contributed by atoms with Crippen molar-refractivity contribution < 1.29 is 18.4 Å². The van der Waals surface area contributed by atoms with Crippen LogP contribution in [0.15, 0.2) is 86.3 Å². The van der Waals surface area contributed by atoms with Crippen molar-refractivity contribution in [2.75, 3.05) is 11.9 Å². The van der Waals surface area contributed by atoms with Crippen molar-refractivity contribution in [3.8, 4) is 0 Å². The summed E-state index contributed by atoms with van der Waals surface area (Å²) in [4.78, 5) is 27.1. The zero-order valence-corrected chi connectivity index (χ0v) is 16.9. The molecule has 0 aliphatic heterocycles. The fourth-order valence-electron chi connectivity index (χ4n) is 2.97. The van der Waals surface area contributed by atoms with Crippen molar-refractivity contribution in [3.05, 3.63) is 89.0 Å². The molecule has 4 aromatic rings. The molecule has 6 nitrogen and oxygen atoms in total. The Balaban J connectivity index is 1.57. The van der Waals surface area contributed by atoms with E-state index in [1.807, 2.05) is 36.4 Å². The molecular weight excluding hydrogens is 436 g/mol. The second-order valence-corrected chi connectivity index (χ2v) is 7.28. The molecular formula is C22H17BrN2O4. The Morgan fingerprint density at radius 2 is 1.83 bits per heavy atom. The van der Waals surface area contributed by atoms with Gasteiger partial charge < -0.3 is 19.1 Å². The van der Waals surface area contributed by atoms with E-state index in [0.29, 0.717) is 17.0 Å². The lowest BCUT2D eigenvalue weighted by Crippen LogP contribution is -2.37. The van der Waals surface area contributed by atoms with E-state index in [1.165, 1.54) is 11.2 Å². The van der Waals surface area contributed by atoms with Crippen LogP contribution in [0.3, 0.4) is 0 Å². The number of hydrogen-bond donors (Lipinski definition) is 1. The summed E-state index contributed by atoms with van der Waals surface area (Å²) in [6, 6.07) is 19.8. The molecule has 2 aromatic carbocycles. The molecule has 7 heteroatoms. The molecule has 2 amide bonds. The predicted octanol–water partition coefficient (Wildman–Crippen LogP) is 5.07. The van der Waals surface area contributed by atoms with Crippen LogP contribution >= 0.6 is 15.9 Å². The summed E-state index contributed by atoms with van der Waals surface area (Å²) >= 11 is 3.42. The van der Waals surface area contributed by atoms with Crippen molar-refractivity contribution in [1.29, 1.82) is 0 Å². The lowest BCUT2D eigenvalue weighted by atomic mass is 10.2. The molecule has 0 fully saturated rings. The smallest absolute Gasteiger partial charge is 0.290 e. The molecule has 4 rings (SSSR count). The highest BCUT2D eigenvalue weighted by Crippen LogP contribution is 2.28. The van der Waals surface area contributed by atoms with Crippen LogP contribution in [-0.4, -0.2) is 23.3 Å². The van der Waals surface area contributed by atoms with E-state index < -0.39 is 5.91 Å². The third kappa shape index (κ3) is 4.41. The Morgan fingerprint density at radius 3 is 2.55 bits per heavy atom. The molecule has 29 heavy (non-hydrogen) atoms. The van der Waals surface area contributed by atoms with Crippen molar-refractivity contribution in [3.63, 3.8) is 0 Å². The Hall–Kier alpha value is -3.32. The third-order valence-corrected chi connectivity index (χ3v) is 4.94. The number of anilines is 1. The normalized spacial score (nSPS) is 10.8. The summed E-state index contributed by atoms with van der Waals surface area (Å²) in [7, 11) is 0. The lowest BCUT2D eigenvalue weighted by molar-refractivity contribution is -0.117. The maximum absolute atomic E-state index is 13.1. The van der Waals surface area contributed by atoms with Gasteiger partial charge in [0.2, 0.25) is 5.91 Å². The van der Waals surface area contributed by atoms with Gasteiger partial charge in [-0.1, -0.05) is 30.3 Å². The second-order valence-electron chi connectivity index (χ2n) is 6.42. The zero-order chi connectivity index (χ0) is 20.2. The standard InChI is InChI=1S/C22H17BrN2O4/c23-18-10-4-6-15-12-19(29-21(15)18)22(27)25(13-17-9-5-11-28-17)14-20(26)24-16-7-2-1-3-8-16/h1-12H,13-14H2,(H,24,26). The molecule has 0 radical (unpaired) electrons. The summed E-state index contributed by atoms with van der Waals surface area (Å²) in [5.41, 5.74) is 1.25. The van der Waals surface area contributed by atoms with Gasteiger partial charge in [-0.05, 0) is 52.3 Å². The van der Waals surface area contributed by atoms with Crippen LogP contribution in [0.25, 0.3) is 11.0 Å². The third-order valence-electron chi connectivity index (χ3n) is 4.31. The molecule has 146 valence electrons. The number of hydrogen-bond acceptors (Lipinski definition) is 4. The number of furan rings is 2. The molecule has 0 saturated heterocycles. The predicted molar refractivity (Wildman–Crippen MR) is 112 cm³/mol. The van der Waals surface area contributed by atoms with Gasteiger partial charge in [0.05, 0.1) is 17.3 Å². The second kappa shape index (κ2) is 8.36.